The minimum absolute atomic E-state index is 0.000575. The van der Waals surface area contributed by atoms with Crippen molar-refractivity contribution in [2.45, 2.75) is 65.5 Å². The van der Waals surface area contributed by atoms with Gasteiger partial charge in [-0.05, 0) is 69.9 Å². The summed E-state index contributed by atoms with van der Waals surface area (Å²) in [6.07, 6.45) is 7.34. The number of imide groups is 1. The lowest BCUT2D eigenvalue weighted by atomic mass is 9.84. The smallest absolute Gasteiger partial charge is 0.422 e. The maximum Gasteiger partial charge on any atom is 0.422 e. The van der Waals surface area contributed by atoms with Gasteiger partial charge in [0.1, 0.15) is 23.0 Å². The lowest BCUT2D eigenvalue weighted by molar-refractivity contribution is -0.135. The molecule has 0 atom stereocenters. The van der Waals surface area contributed by atoms with Crippen molar-refractivity contribution < 1.29 is 28.6 Å². The number of amides is 2. The fraction of sp³-hybridized carbons (Fsp3) is 0.406. The Morgan fingerprint density at radius 2 is 2.02 bits per heavy atom. The molecule has 10 heteroatoms. The Hall–Kier alpha value is -4.47. The molecule has 0 unspecified atom stereocenters. The molecule has 2 heterocycles. The molecule has 10 nitrogen and oxygen atoms in total. The van der Waals surface area contributed by atoms with Crippen LogP contribution in [0.25, 0.3) is 5.57 Å². The highest BCUT2D eigenvalue weighted by Gasteiger charge is 2.36. The molecule has 1 saturated carbocycles. The maximum absolute atomic E-state index is 13.0. The van der Waals surface area contributed by atoms with Gasteiger partial charge < -0.3 is 19.5 Å². The first-order valence-corrected chi connectivity index (χ1v) is 14.0. The van der Waals surface area contributed by atoms with E-state index in [-0.39, 0.29) is 23.6 Å². The Morgan fingerprint density at radius 3 is 2.69 bits per heavy atom. The van der Waals surface area contributed by atoms with Crippen molar-refractivity contribution >= 4 is 35.6 Å². The number of hydrogen-bond donors (Lipinski definition) is 1. The number of esters is 1. The third kappa shape index (κ3) is 7.23. The number of benzene rings is 1. The number of fused-ring (bicyclic) bond motifs is 1. The molecular formula is C32H38N4O6. The number of rotatable bonds is 9. The number of hydrogen-bond acceptors (Lipinski definition) is 9. The molecule has 1 aromatic heterocycles. The Balaban J connectivity index is 1.48. The van der Waals surface area contributed by atoms with Crippen molar-refractivity contribution in [1.29, 1.82) is 0 Å². The number of nitrogens with one attached hydrogen (secondary N) is 1. The lowest BCUT2D eigenvalue weighted by Gasteiger charge is -2.31. The van der Waals surface area contributed by atoms with Gasteiger partial charge in [0.15, 0.2) is 0 Å². The third-order valence-corrected chi connectivity index (χ3v) is 7.02. The van der Waals surface area contributed by atoms with Gasteiger partial charge in [0, 0.05) is 42.4 Å². The van der Waals surface area contributed by atoms with Crippen molar-refractivity contribution in [2.24, 2.45) is 10.9 Å². The predicted octanol–water partition coefficient (Wildman–Crippen LogP) is 5.92. The average Bonchev–Trinajstić information content (AvgIpc) is 3.40. The number of aromatic nitrogens is 1. The largest absolute Gasteiger partial charge is 0.492 e. The average molecular weight is 575 g/mol. The van der Waals surface area contributed by atoms with Crippen LogP contribution in [0.5, 0.6) is 5.75 Å². The number of ether oxygens (including phenoxy) is 3. The molecule has 0 radical (unpaired) electrons. The molecule has 0 saturated heterocycles. The molecule has 0 bridgehead atoms. The lowest BCUT2D eigenvalue weighted by Crippen LogP contribution is -2.44. The summed E-state index contributed by atoms with van der Waals surface area (Å²) in [5, 5.41) is 3.36. The first-order valence-electron chi connectivity index (χ1n) is 14.0. The van der Waals surface area contributed by atoms with Crippen LogP contribution < -0.4 is 10.1 Å². The van der Waals surface area contributed by atoms with Crippen molar-refractivity contribution in [3.05, 3.63) is 71.2 Å². The molecule has 2 aromatic rings. The minimum atomic E-state index is -0.780. The molecule has 4 rings (SSSR count). The number of anilines is 1. The van der Waals surface area contributed by atoms with Gasteiger partial charge in [0.2, 0.25) is 5.91 Å². The number of allylic oxidation sites excluding steroid dienone is 2. The van der Waals surface area contributed by atoms with Gasteiger partial charge >= 0.3 is 12.1 Å². The van der Waals surface area contributed by atoms with Gasteiger partial charge in [0.25, 0.3) is 0 Å². The highest BCUT2D eigenvalue weighted by atomic mass is 16.6. The zero-order chi connectivity index (χ0) is 30.4. The summed E-state index contributed by atoms with van der Waals surface area (Å²) in [4.78, 5) is 47.6. The maximum atomic E-state index is 13.0. The molecule has 1 fully saturated rings. The first kappa shape index (κ1) is 30.5. The molecule has 2 aliphatic rings. The number of nitrogens with zero attached hydrogens (tertiary/aromatic N) is 3. The Morgan fingerprint density at radius 1 is 1.26 bits per heavy atom. The molecule has 2 amide bonds. The highest BCUT2D eigenvalue weighted by molar-refractivity contribution is 5.96. The van der Waals surface area contributed by atoms with Crippen molar-refractivity contribution in [1.82, 2.24) is 9.88 Å². The van der Waals surface area contributed by atoms with Gasteiger partial charge in [0.05, 0.1) is 19.3 Å². The quantitative estimate of drug-likeness (QED) is 0.289. The van der Waals surface area contributed by atoms with E-state index in [9.17, 15) is 14.4 Å². The van der Waals surface area contributed by atoms with Crippen molar-refractivity contribution in [3.63, 3.8) is 0 Å². The van der Waals surface area contributed by atoms with Crippen LogP contribution in [-0.4, -0.2) is 53.4 Å². The van der Waals surface area contributed by atoms with Crippen LogP contribution in [-0.2, 0) is 27.2 Å². The molecule has 0 spiro atoms. The second-order valence-corrected chi connectivity index (χ2v) is 11.3. The second kappa shape index (κ2) is 13.0. The number of carbonyl (C=O) groups is 3. The van der Waals surface area contributed by atoms with E-state index in [1.165, 1.54) is 13.3 Å². The predicted molar refractivity (Wildman–Crippen MR) is 160 cm³/mol. The first-order chi connectivity index (χ1) is 20.0. The summed E-state index contributed by atoms with van der Waals surface area (Å²) in [6.45, 7) is 12.0. The van der Waals surface area contributed by atoms with Gasteiger partial charge in [-0.2, -0.15) is 4.90 Å². The molecule has 222 valence electrons. The van der Waals surface area contributed by atoms with Crippen LogP contribution in [0.2, 0.25) is 0 Å². The number of aliphatic imine (C=N–C) groups is 1. The summed E-state index contributed by atoms with van der Waals surface area (Å²) in [7, 11) is 1.36. The van der Waals surface area contributed by atoms with E-state index in [1.807, 2.05) is 19.1 Å². The fourth-order valence-corrected chi connectivity index (χ4v) is 4.58. The van der Waals surface area contributed by atoms with Crippen LogP contribution in [0.3, 0.4) is 0 Å². The van der Waals surface area contributed by atoms with Crippen LogP contribution in [0.15, 0.2) is 53.9 Å². The molecule has 1 N–H and O–H groups in total. The monoisotopic (exact) mass is 574 g/mol. The van der Waals surface area contributed by atoms with Crippen LogP contribution >= 0.6 is 0 Å². The Kier molecular flexibility index (Phi) is 9.45. The Labute approximate surface area is 246 Å². The van der Waals surface area contributed by atoms with E-state index < -0.39 is 11.7 Å². The summed E-state index contributed by atoms with van der Waals surface area (Å²) in [6, 6.07) is 7.23. The second-order valence-electron chi connectivity index (χ2n) is 11.3. The van der Waals surface area contributed by atoms with Crippen LogP contribution in [0, 0.1) is 5.92 Å². The molecule has 1 aromatic carbocycles. The number of pyridine rings is 1. The van der Waals surface area contributed by atoms with Crippen molar-refractivity contribution in [3.8, 4) is 5.75 Å². The van der Waals surface area contributed by atoms with Crippen LogP contribution in [0.4, 0.5) is 10.6 Å². The topological polar surface area (TPSA) is 119 Å². The third-order valence-electron chi connectivity index (χ3n) is 7.02. The van der Waals surface area contributed by atoms with Gasteiger partial charge in [-0.3, -0.25) is 4.79 Å². The normalized spacial score (nSPS) is 14.9. The zero-order valence-corrected chi connectivity index (χ0v) is 24.9. The van der Waals surface area contributed by atoms with Crippen molar-refractivity contribution in [2.75, 3.05) is 19.0 Å². The summed E-state index contributed by atoms with van der Waals surface area (Å²) >= 11 is 0. The number of methoxy groups -OCH3 is 1. The summed E-state index contributed by atoms with van der Waals surface area (Å²) in [5.74, 6) is 0.510. The summed E-state index contributed by atoms with van der Waals surface area (Å²) in [5.41, 5.74) is 3.25. The number of carbonyl (C=O) groups excluding carboxylic acids is 3. The van der Waals surface area contributed by atoms with E-state index >= 15 is 0 Å². The highest BCUT2D eigenvalue weighted by Crippen LogP contribution is 2.37. The van der Waals surface area contributed by atoms with E-state index in [1.54, 1.807) is 45.2 Å². The van der Waals surface area contributed by atoms with Gasteiger partial charge in [-0.15, -0.1) is 0 Å². The minimum Gasteiger partial charge on any atom is -0.492 e. The SMILES string of the molecule is C=C(/N=C\C=C(/C)c1cnc(NCc2cccc(C(=O)OC)c2)c2c1OCC2)N(C(=O)OC(C)(C)C)C(=O)C1CCC1. The van der Waals surface area contributed by atoms with E-state index in [4.69, 9.17) is 14.2 Å². The van der Waals surface area contributed by atoms with E-state index in [0.29, 0.717) is 31.0 Å². The molecule has 1 aliphatic carbocycles. The van der Waals surface area contributed by atoms with Crippen LogP contribution in [0.1, 0.15) is 74.0 Å². The van der Waals surface area contributed by atoms with Gasteiger partial charge in [-0.1, -0.05) is 25.1 Å². The van der Waals surface area contributed by atoms with E-state index in [0.717, 1.165) is 52.2 Å². The zero-order valence-electron chi connectivity index (χ0n) is 24.9. The Bertz CT molecular complexity index is 1430. The van der Waals surface area contributed by atoms with Gasteiger partial charge in [-0.25, -0.2) is 19.6 Å². The fourth-order valence-electron chi connectivity index (χ4n) is 4.58. The van der Waals surface area contributed by atoms with E-state index in [2.05, 4.69) is 21.9 Å². The molecular weight excluding hydrogens is 536 g/mol. The summed E-state index contributed by atoms with van der Waals surface area (Å²) < 4.78 is 16.2. The standard InChI is InChI=1S/C32H38N4O6/c1-20(13-15-33-21(2)36(29(37)23-10-8-11-23)31(39)42-32(3,4)5)26-19-35-28(25-14-16-41-27(25)26)34-18-22-9-7-12-24(17-22)30(38)40-6/h7,9,12-13,15,17,19,23H,2,8,10-11,14,16,18H2,1,3-6H3,(H,34,35)/b20-13+,33-15-. The molecule has 42 heavy (non-hydrogen) atoms. The molecule has 1 aliphatic heterocycles.